The number of nitrogens with zero attached hydrogens (tertiary/aromatic N) is 2. The molecule has 19 heavy (non-hydrogen) atoms. The Morgan fingerprint density at radius 1 is 1.32 bits per heavy atom. The SMILES string of the molecule is CCCn1nc(C)c(N)c1NC1CCCC(C)CC1. The number of hydrogen-bond acceptors (Lipinski definition) is 3. The smallest absolute Gasteiger partial charge is 0.148 e. The van der Waals surface area contributed by atoms with Gasteiger partial charge in [0.25, 0.3) is 0 Å². The molecular weight excluding hydrogens is 236 g/mol. The third kappa shape index (κ3) is 3.43. The van der Waals surface area contributed by atoms with E-state index in [2.05, 4.69) is 24.3 Å². The number of nitrogen functional groups attached to an aromatic ring is 1. The first-order valence-electron chi connectivity index (χ1n) is 7.71. The van der Waals surface area contributed by atoms with E-state index in [1.165, 1.54) is 32.1 Å². The van der Waals surface area contributed by atoms with Gasteiger partial charge in [-0.05, 0) is 38.5 Å². The second-order valence-electron chi connectivity index (χ2n) is 6.03. The van der Waals surface area contributed by atoms with Crippen LogP contribution in [0.3, 0.4) is 0 Å². The molecule has 1 aliphatic carbocycles. The zero-order valence-corrected chi connectivity index (χ0v) is 12.6. The first-order valence-corrected chi connectivity index (χ1v) is 7.71. The maximum atomic E-state index is 6.17. The van der Waals surface area contributed by atoms with Crippen LogP contribution < -0.4 is 11.1 Å². The molecule has 108 valence electrons. The van der Waals surface area contributed by atoms with Crippen LogP contribution in [0, 0.1) is 12.8 Å². The van der Waals surface area contributed by atoms with Gasteiger partial charge in [-0.15, -0.1) is 0 Å². The zero-order valence-electron chi connectivity index (χ0n) is 12.6. The van der Waals surface area contributed by atoms with Gasteiger partial charge in [0, 0.05) is 12.6 Å². The van der Waals surface area contributed by atoms with Crippen molar-refractivity contribution in [2.75, 3.05) is 11.1 Å². The molecule has 3 N–H and O–H groups in total. The average molecular weight is 264 g/mol. The van der Waals surface area contributed by atoms with Crippen molar-refractivity contribution in [3.63, 3.8) is 0 Å². The van der Waals surface area contributed by atoms with Crippen molar-refractivity contribution >= 4 is 11.5 Å². The fourth-order valence-electron chi connectivity index (χ4n) is 2.95. The second kappa shape index (κ2) is 6.31. The lowest BCUT2D eigenvalue weighted by atomic mass is 10.0. The Bertz CT molecular complexity index is 411. The quantitative estimate of drug-likeness (QED) is 0.817. The van der Waals surface area contributed by atoms with Crippen molar-refractivity contribution in [2.45, 2.75) is 71.9 Å². The van der Waals surface area contributed by atoms with E-state index in [9.17, 15) is 0 Å². The van der Waals surface area contributed by atoms with Gasteiger partial charge in [0.05, 0.1) is 11.4 Å². The lowest BCUT2D eigenvalue weighted by Crippen LogP contribution is -2.21. The zero-order chi connectivity index (χ0) is 13.8. The summed E-state index contributed by atoms with van der Waals surface area (Å²) in [6.45, 7) is 7.46. The third-order valence-electron chi connectivity index (χ3n) is 4.21. The molecule has 1 aromatic rings. The van der Waals surface area contributed by atoms with Gasteiger partial charge < -0.3 is 11.1 Å². The maximum Gasteiger partial charge on any atom is 0.148 e. The summed E-state index contributed by atoms with van der Waals surface area (Å²) in [5.74, 6) is 1.91. The molecule has 4 heteroatoms. The van der Waals surface area contributed by atoms with E-state index >= 15 is 0 Å². The van der Waals surface area contributed by atoms with E-state index in [-0.39, 0.29) is 0 Å². The van der Waals surface area contributed by atoms with Crippen molar-refractivity contribution < 1.29 is 0 Å². The maximum absolute atomic E-state index is 6.17. The Kier molecular flexibility index (Phi) is 4.72. The first kappa shape index (κ1) is 14.2. The minimum Gasteiger partial charge on any atom is -0.394 e. The third-order valence-corrected chi connectivity index (χ3v) is 4.21. The van der Waals surface area contributed by atoms with Crippen LogP contribution in [0.2, 0.25) is 0 Å². The Morgan fingerprint density at radius 2 is 2.11 bits per heavy atom. The van der Waals surface area contributed by atoms with Gasteiger partial charge in [0.2, 0.25) is 0 Å². The van der Waals surface area contributed by atoms with Crippen LogP contribution in [0.25, 0.3) is 0 Å². The summed E-state index contributed by atoms with van der Waals surface area (Å²) in [5, 5.41) is 8.19. The van der Waals surface area contributed by atoms with E-state index in [0.29, 0.717) is 6.04 Å². The number of nitrogens with two attached hydrogens (primary N) is 1. The molecule has 1 saturated carbocycles. The van der Waals surface area contributed by atoms with Crippen LogP contribution in [-0.2, 0) is 6.54 Å². The fourth-order valence-corrected chi connectivity index (χ4v) is 2.95. The molecule has 1 fully saturated rings. The van der Waals surface area contributed by atoms with E-state index in [1.54, 1.807) is 0 Å². The minimum absolute atomic E-state index is 0.555. The second-order valence-corrected chi connectivity index (χ2v) is 6.03. The topological polar surface area (TPSA) is 55.9 Å². The Labute approximate surface area is 116 Å². The summed E-state index contributed by atoms with van der Waals surface area (Å²) < 4.78 is 2.04. The molecule has 0 bridgehead atoms. The van der Waals surface area contributed by atoms with Crippen LogP contribution in [0.4, 0.5) is 11.5 Å². The summed E-state index contributed by atoms with van der Waals surface area (Å²) in [7, 11) is 0. The van der Waals surface area contributed by atoms with E-state index in [1.807, 2.05) is 11.6 Å². The standard InChI is InChI=1S/C15H28N4/c1-4-10-19-15(14(16)12(3)18-19)17-13-7-5-6-11(2)8-9-13/h11,13,17H,4-10,16H2,1-3H3. The fraction of sp³-hybridized carbons (Fsp3) is 0.800. The van der Waals surface area contributed by atoms with Gasteiger partial charge in [-0.25, -0.2) is 4.68 Å². The summed E-state index contributed by atoms with van der Waals surface area (Å²) in [6, 6.07) is 0.555. The summed E-state index contributed by atoms with van der Waals surface area (Å²) in [4.78, 5) is 0. The summed E-state index contributed by atoms with van der Waals surface area (Å²) in [6.07, 6.45) is 7.58. The Hall–Kier alpha value is -1.19. The van der Waals surface area contributed by atoms with Gasteiger partial charge in [-0.2, -0.15) is 5.10 Å². The highest BCUT2D eigenvalue weighted by atomic mass is 15.3. The molecule has 1 aliphatic rings. The van der Waals surface area contributed by atoms with Crippen molar-refractivity contribution in [1.29, 1.82) is 0 Å². The van der Waals surface area contributed by atoms with E-state index < -0.39 is 0 Å². The number of anilines is 2. The van der Waals surface area contributed by atoms with Gasteiger partial charge in [-0.3, -0.25) is 0 Å². The van der Waals surface area contributed by atoms with Crippen molar-refractivity contribution in [1.82, 2.24) is 9.78 Å². The minimum atomic E-state index is 0.555. The van der Waals surface area contributed by atoms with Crippen molar-refractivity contribution in [3.8, 4) is 0 Å². The predicted molar refractivity (Wildman–Crippen MR) is 81.3 cm³/mol. The molecule has 2 rings (SSSR count). The number of nitrogens with one attached hydrogen (secondary N) is 1. The molecule has 0 amide bonds. The van der Waals surface area contributed by atoms with Crippen molar-refractivity contribution in [2.24, 2.45) is 5.92 Å². The molecule has 1 aromatic heterocycles. The van der Waals surface area contributed by atoms with Crippen LogP contribution in [0.15, 0.2) is 0 Å². The highest BCUT2D eigenvalue weighted by molar-refractivity contribution is 5.65. The number of aryl methyl sites for hydroxylation is 2. The molecule has 2 unspecified atom stereocenters. The number of hydrogen-bond donors (Lipinski definition) is 2. The van der Waals surface area contributed by atoms with Gasteiger partial charge in [0.1, 0.15) is 5.82 Å². The molecule has 1 heterocycles. The monoisotopic (exact) mass is 264 g/mol. The largest absolute Gasteiger partial charge is 0.394 e. The first-order chi connectivity index (χ1) is 9.11. The van der Waals surface area contributed by atoms with Crippen LogP contribution in [0.5, 0.6) is 0 Å². The van der Waals surface area contributed by atoms with Gasteiger partial charge >= 0.3 is 0 Å². The summed E-state index contributed by atoms with van der Waals surface area (Å²) >= 11 is 0. The predicted octanol–water partition coefficient (Wildman–Crippen LogP) is 3.56. The van der Waals surface area contributed by atoms with Crippen LogP contribution in [-0.4, -0.2) is 15.8 Å². The lowest BCUT2D eigenvalue weighted by molar-refractivity contribution is 0.501. The Balaban J connectivity index is 2.09. The molecular formula is C15H28N4. The van der Waals surface area contributed by atoms with E-state index in [0.717, 1.165) is 36.1 Å². The highest BCUT2D eigenvalue weighted by Gasteiger charge is 2.19. The van der Waals surface area contributed by atoms with Crippen LogP contribution >= 0.6 is 0 Å². The van der Waals surface area contributed by atoms with Crippen molar-refractivity contribution in [3.05, 3.63) is 5.69 Å². The lowest BCUT2D eigenvalue weighted by Gasteiger charge is -2.19. The van der Waals surface area contributed by atoms with Gasteiger partial charge in [0.15, 0.2) is 0 Å². The molecule has 0 aromatic carbocycles. The molecule has 0 spiro atoms. The molecule has 0 saturated heterocycles. The highest BCUT2D eigenvalue weighted by Crippen LogP contribution is 2.28. The number of aromatic nitrogens is 2. The molecule has 4 nitrogen and oxygen atoms in total. The molecule has 0 aliphatic heterocycles. The van der Waals surface area contributed by atoms with Gasteiger partial charge in [-0.1, -0.05) is 26.7 Å². The molecule has 2 atom stereocenters. The van der Waals surface area contributed by atoms with E-state index in [4.69, 9.17) is 5.73 Å². The Morgan fingerprint density at radius 3 is 2.84 bits per heavy atom. The summed E-state index contributed by atoms with van der Waals surface area (Å²) in [5.41, 5.74) is 7.94. The normalized spacial score (nSPS) is 24.2. The van der Waals surface area contributed by atoms with Crippen LogP contribution in [0.1, 0.15) is 58.1 Å². The number of rotatable bonds is 4. The molecule has 0 radical (unpaired) electrons. The average Bonchev–Trinajstić information content (AvgIpc) is 2.56.